The molecule has 0 saturated carbocycles. The van der Waals surface area contributed by atoms with Crippen LogP contribution >= 0.6 is 0 Å². The van der Waals surface area contributed by atoms with Crippen molar-refractivity contribution in [2.24, 2.45) is 13.0 Å². The third-order valence-electron chi connectivity index (χ3n) is 2.22. The Bertz CT molecular complexity index is 233. The van der Waals surface area contributed by atoms with E-state index in [2.05, 4.69) is 18.9 Å². The van der Waals surface area contributed by atoms with E-state index in [1.54, 1.807) is 4.68 Å². The van der Waals surface area contributed by atoms with Crippen LogP contribution in [0.5, 0.6) is 0 Å². The summed E-state index contributed by atoms with van der Waals surface area (Å²) in [6.45, 7) is 4.42. The summed E-state index contributed by atoms with van der Waals surface area (Å²) in [4.78, 5) is 0. The number of rotatable bonds is 3. The Morgan fingerprint density at radius 3 is 2.75 bits per heavy atom. The average molecular weight is 167 g/mol. The molecule has 0 fully saturated rings. The summed E-state index contributed by atoms with van der Waals surface area (Å²) in [5.41, 5.74) is 6.76. The fourth-order valence-corrected chi connectivity index (χ4v) is 1.14. The molecule has 1 aromatic heterocycles. The van der Waals surface area contributed by atoms with Gasteiger partial charge in [0.2, 0.25) is 0 Å². The molecule has 0 bridgehead atoms. The first-order chi connectivity index (χ1) is 5.63. The number of hydrogen-bond donors (Lipinski definition) is 1. The number of hydrogen-bond acceptors (Lipinski definition) is 2. The Labute approximate surface area is 73.6 Å². The lowest BCUT2D eigenvalue weighted by Gasteiger charge is -2.03. The average Bonchev–Trinajstić information content (AvgIpc) is 2.31. The van der Waals surface area contributed by atoms with Crippen LogP contribution in [-0.2, 0) is 13.5 Å². The van der Waals surface area contributed by atoms with Gasteiger partial charge in [0.1, 0.15) is 5.82 Å². The van der Waals surface area contributed by atoms with Gasteiger partial charge in [0.25, 0.3) is 0 Å². The minimum Gasteiger partial charge on any atom is -0.384 e. The molecule has 3 nitrogen and oxygen atoms in total. The topological polar surface area (TPSA) is 43.8 Å². The van der Waals surface area contributed by atoms with Gasteiger partial charge in [0.15, 0.2) is 0 Å². The predicted molar refractivity (Wildman–Crippen MR) is 50.8 cm³/mol. The second kappa shape index (κ2) is 3.61. The lowest BCUT2D eigenvalue weighted by molar-refractivity contribution is 0.547. The van der Waals surface area contributed by atoms with E-state index in [1.807, 2.05) is 13.1 Å². The summed E-state index contributed by atoms with van der Waals surface area (Å²) in [5, 5.41) is 4.29. The molecule has 1 unspecified atom stereocenters. The highest BCUT2D eigenvalue weighted by Crippen LogP contribution is 2.12. The predicted octanol–water partition coefficient (Wildman–Crippen LogP) is 1.59. The minimum atomic E-state index is 0.694. The Morgan fingerprint density at radius 1 is 1.67 bits per heavy atom. The summed E-state index contributed by atoms with van der Waals surface area (Å²) in [5.74, 6) is 1.44. The fraction of sp³-hybridized carbons (Fsp3) is 0.667. The smallest absolute Gasteiger partial charge is 0.121 e. The molecule has 0 saturated heterocycles. The molecule has 0 aliphatic heterocycles. The first-order valence-corrected chi connectivity index (χ1v) is 4.41. The second-order valence-corrected chi connectivity index (χ2v) is 3.40. The van der Waals surface area contributed by atoms with Gasteiger partial charge in [-0.15, -0.1) is 0 Å². The zero-order valence-corrected chi connectivity index (χ0v) is 8.04. The number of nitrogens with two attached hydrogens (primary N) is 1. The molecule has 0 aliphatic carbocycles. The third kappa shape index (κ3) is 2.00. The number of aryl methyl sites for hydroxylation is 1. The first kappa shape index (κ1) is 9.10. The molecule has 2 N–H and O–H groups in total. The summed E-state index contributed by atoms with van der Waals surface area (Å²) in [7, 11) is 1.87. The molecule has 1 heterocycles. The fourth-order valence-electron chi connectivity index (χ4n) is 1.14. The van der Waals surface area contributed by atoms with Crippen LogP contribution in [0.4, 0.5) is 5.82 Å². The van der Waals surface area contributed by atoms with Crippen LogP contribution in [0.15, 0.2) is 6.07 Å². The van der Waals surface area contributed by atoms with E-state index in [9.17, 15) is 0 Å². The van der Waals surface area contributed by atoms with Crippen molar-refractivity contribution in [2.45, 2.75) is 26.7 Å². The molecule has 0 amide bonds. The van der Waals surface area contributed by atoms with Crippen LogP contribution in [0.3, 0.4) is 0 Å². The van der Waals surface area contributed by atoms with Crippen LogP contribution in [0, 0.1) is 5.92 Å². The normalized spacial score (nSPS) is 13.2. The van der Waals surface area contributed by atoms with E-state index in [-0.39, 0.29) is 0 Å². The van der Waals surface area contributed by atoms with Gasteiger partial charge < -0.3 is 5.73 Å². The highest BCUT2D eigenvalue weighted by atomic mass is 15.3. The van der Waals surface area contributed by atoms with E-state index in [4.69, 9.17) is 5.73 Å². The van der Waals surface area contributed by atoms with Gasteiger partial charge in [-0.3, -0.25) is 4.68 Å². The zero-order chi connectivity index (χ0) is 9.14. The maximum atomic E-state index is 5.66. The summed E-state index contributed by atoms with van der Waals surface area (Å²) < 4.78 is 1.72. The quantitative estimate of drug-likeness (QED) is 0.743. The van der Waals surface area contributed by atoms with Crippen molar-refractivity contribution in [3.63, 3.8) is 0 Å². The molecule has 1 rings (SSSR count). The van der Waals surface area contributed by atoms with E-state index < -0.39 is 0 Å². The molecule has 12 heavy (non-hydrogen) atoms. The molecule has 1 aromatic rings. The molecular formula is C9H17N3. The van der Waals surface area contributed by atoms with Crippen LogP contribution in [-0.4, -0.2) is 9.78 Å². The van der Waals surface area contributed by atoms with Gasteiger partial charge >= 0.3 is 0 Å². The molecule has 68 valence electrons. The van der Waals surface area contributed by atoms with E-state index in [1.165, 1.54) is 6.42 Å². The summed E-state index contributed by atoms with van der Waals surface area (Å²) in [6.07, 6.45) is 2.22. The van der Waals surface area contributed by atoms with Crippen molar-refractivity contribution in [3.05, 3.63) is 11.8 Å². The first-order valence-electron chi connectivity index (χ1n) is 4.41. The standard InChI is InChI=1S/C9H17N3/c1-4-7(2)5-8-6-9(10)12(3)11-8/h6-7H,4-5,10H2,1-3H3. The van der Waals surface area contributed by atoms with Crippen LogP contribution in [0.2, 0.25) is 0 Å². The van der Waals surface area contributed by atoms with Gasteiger partial charge in [0.05, 0.1) is 5.69 Å². The molecule has 0 radical (unpaired) electrons. The molecule has 0 aromatic carbocycles. The van der Waals surface area contributed by atoms with Gasteiger partial charge in [0, 0.05) is 13.1 Å². The van der Waals surface area contributed by atoms with E-state index in [0.717, 1.165) is 17.9 Å². The van der Waals surface area contributed by atoms with Gasteiger partial charge in [-0.1, -0.05) is 20.3 Å². The van der Waals surface area contributed by atoms with Crippen molar-refractivity contribution in [3.8, 4) is 0 Å². The highest BCUT2D eigenvalue weighted by Gasteiger charge is 2.05. The molecule has 0 spiro atoms. The Hall–Kier alpha value is -0.990. The zero-order valence-electron chi connectivity index (χ0n) is 8.04. The second-order valence-electron chi connectivity index (χ2n) is 3.40. The van der Waals surface area contributed by atoms with Gasteiger partial charge in [-0.25, -0.2) is 0 Å². The van der Waals surface area contributed by atoms with Crippen LogP contribution < -0.4 is 5.73 Å². The summed E-state index contributed by atoms with van der Waals surface area (Å²) in [6, 6.07) is 1.95. The van der Waals surface area contributed by atoms with Gasteiger partial charge in [-0.2, -0.15) is 5.10 Å². The molecular weight excluding hydrogens is 150 g/mol. The Kier molecular flexibility index (Phi) is 2.74. The minimum absolute atomic E-state index is 0.694. The van der Waals surface area contributed by atoms with Crippen LogP contribution in [0.25, 0.3) is 0 Å². The SMILES string of the molecule is CCC(C)Cc1cc(N)n(C)n1. The van der Waals surface area contributed by atoms with Crippen LogP contribution in [0.1, 0.15) is 26.0 Å². The molecule has 0 aliphatic rings. The summed E-state index contributed by atoms with van der Waals surface area (Å²) >= 11 is 0. The highest BCUT2D eigenvalue weighted by molar-refractivity contribution is 5.30. The molecule has 1 atom stereocenters. The monoisotopic (exact) mass is 167 g/mol. The van der Waals surface area contributed by atoms with Crippen molar-refractivity contribution < 1.29 is 0 Å². The number of nitrogen functional groups attached to an aromatic ring is 1. The van der Waals surface area contributed by atoms with Crippen molar-refractivity contribution >= 4 is 5.82 Å². The maximum Gasteiger partial charge on any atom is 0.121 e. The van der Waals surface area contributed by atoms with Crippen molar-refractivity contribution in [1.82, 2.24) is 9.78 Å². The lowest BCUT2D eigenvalue weighted by Crippen LogP contribution is -2.00. The van der Waals surface area contributed by atoms with E-state index >= 15 is 0 Å². The third-order valence-corrected chi connectivity index (χ3v) is 2.22. The number of anilines is 1. The number of aromatic nitrogens is 2. The largest absolute Gasteiger partial charge is 0.384 e. The van der Waals surface area contributed by atoms with Crippen molar-refractivity contribution in [1.29, 1.82) is 0 Å². The van der Waals surface area contributed by atoms with Crippen molar-refractivity contribution in [2.75, 3.05) is 5.73 Å². The van der Waals surface area contributed by atoms with E-state index in [0.29, 0.717) is 5.92 Å². The van der Waals surface area contributed by atoms with Gasteiger partial charge in [-0.05, 0) is 12.3 Å². The lowest BCUT2D eigenvalue weighted by atomic mass is 10.0. The Balaban J connectivity index is 2.64. The Morgan fingerprint density at radius 2 is 2.33 bits per heavy atom. The molecule has 3 heteroatoms. The maximum absolute atomic E-state index is 5.66. The number of nitrogens with zero attached hydrogens (tertiary/aromatic N) is 2.